The van der Waals surface area contributed by atoms with Crippen molar-refractivity contribution in [1.29, 1.82) is 0 Å². The van der Waals surface area contributed by atoms with Crippen LogP contribution in [-0.2, 0) is 12.7 Å². The number of benzene rings is 2. The summed E-state index contributed by atoms with van der Waals surface area (Å²) in [5, 5.41) is 8.81. The number of urea groups is 1. The molecule has 3 aromatic rings. The Hall–Kier alpha value is -4.15. The largest absolute Gasteiger partial charge is 0.418 e. The highest BCUT2D eigenvalue weighted by Gasteiger charge is 2.34. The van der Waals surface area contributed by atoms with E-state index in [2.05, 4.69) is 15.7 Å². The molecule has 2 aromatic carbocycles. The number of carbonyl (C=O) groups excluding carboxylic acids is 2. The molecule has 0 radical (unpaired) electrons. The van der Waals surface area contributed by atoms with Crippen LogP contribution >= 0.6 is 0 Å². The number of para-hydroxylation sites is 1. The van der Waals surface area contributed by atoms with E-state index in [1.165, 1.54) is 25.1 Å². The molecular formula is C21H18F3N5O3. The minimum Gasteiger partial charge on any atom is -0.351 e. The molecule has 4 N–H and O–H groups in total. The highest BCUT2D eigenvalue weighted by molar-refractivity contribution is 5.92. The molecule has 0 bridgehead atoms. The number of hydrogen-bond donors (Lipinski definition) is 3. The Balaban J connectivity index is 1.86. The van der Waals surface area contributed by atoms with Gasteiger partial charge in [0, 0.05) is 24.0 Å². The molecule has 0 atom stereocenters. The fourth-order valence-corrected chi connectivity index (χ4v) is 2.96. The van der Waals surface area contributed by atoms with Crippen molar-refractivity contribution < 1.29 is 22.8 Å². The predicted molar refractivity (Wildman–Crippen MR) is 110 cm³/mol. The second-order valence-corrected chi connectivity index (χ2v) is 6.79. The maximum absolute atomic E-state index is 13.4. The second-order valence-electron chi connectivity index (χ2n) is 6.79. The molecule has 0 spiro atoms. The maximum atomic E-state index is 13.4. The standard InChI is InChI=1S/C21H18F3N5O3/c1-12-10-17(30)18(28-29(12)16-5-3-2-4-15(16)21(22,23)24)19(31)26-11-13-6-8-14(9-7-13)27-20(25)32/h2-10H,11H2,1H3,(H,26,31)(H3,25,27,32). The van der Waals surface area contributed by atoms with E-state index in [9.17, 15) is 27.6 Å². The quantitative estimate of drug-likeness (QED) is 0.559. The predicted octanol–water partition coefficient (Wildman–Crippen LogP) is 2.98. The molecule has 0 aliphatic heterocycles. The number of carbonyl (C=O) groups is 2. The Labute approximate surface area is 179 Å². The monoisotopic (exact) mass is 445 g/mol. The van der Waals surface area contributed by atoms with Crippen LogP contribution < -0.4 is 21.8 Å². The van der Waals surface area contributed by atoms with Crippen LogP contribution in [-0.4, -0.2) is 21.7 Å². The minimum absolute atomic E-state index is 0.0177. The van der Waals surface area contributed by atoms with Crippen molar-refractivity contribution in [1.82, 2.24) is 15.1 Å². The molecule has 1 aromatic heterocycles. The van der Waals surface area contributed by atoms with E-state index in [0.29, 0.717) is 11.3 Å². The maximum Gasteiger partial charge on any atom is 0.418 e. The fraction of sp³-hybridized carbons (Fsp3) is 0.143. The van der Waals surface area contributed by atoms with Gasteiger partial charge in [0.15, 0.2) is 5.69 Å². The second kappa shape index (κ2) is 8.92. The molecule has 8 nitrogen and oxygen atoms in total. The number of nitrogens with zero attached hydrogens (tertiary/aromatic N) is 2. The molecule has 0 saturated carbocycles. The van der Waals surface area contributed by atoms with E-state index in [4.69, 9.17) is 5.73 Å². The van der Waals surface area contributed by atoms with Crippen LogP contribution in [0.1, 0.15) is 27.3 Å². The number of halogens is 3. The number of nitrogens with two attached hydrogens (primary N) is 1. The van der Waals surface area contributed by atoms with Crippen LogP contribution in [0.4, 0.5) is 23.7 Å². The zero-order valence-electron chi connectivity index (χ0n) is 16.7. The molecule has 0 fully saturated rings. The smallest absolute Gasteiger partial charge is 0.351 e. The Morgan fingerprint density at radius 2 is 1.75 bits per heavy atom. The fourth-order valence-electron chi connectivity index (χ4n) is 2.96. The number of primary amides is 1. The Morgan fingerprint density at radius 3 is 2.38 bits per heavy atom. The lowest BCUT2D eigenvalue weighted by Gasteiger charge is -2.16. The molecule has 1 heterocycles. The average Bonchev–Trinajstić information content (AvgIpc) is 2.72. The summed E-state index contributed by atoms with van der Waals surface area (Å²) in [5.41, 5.74) is 3.76. The van der Waals surface area contributed by atoms with Crippen LogP contribution in [0, 0.1) is 6.92 Å². The Bertz CT molecular complexity index is 1220. The van der Waals surface area contributed by atoms with E-state index < -0.39 is 34.8 Å². The summed E-state index contributed by atoms with van der Waals surface area (Å²) in [7, 11) is 0. The first-order chi connectivity index (χ1) is 15.1. The highest BCUT2D eigenvalue weighted by atomic mass is 19.4. The summed E-state index contributed by atoms with van der Waals surface area (Å²) in [5.74, 6) is -0.840. The van der Waals surface area contributed by atoms with E-state index in [1.54, 1.807) is 24.3 Å². The summed E-state index contributed by atoms with van der Waals surface area (Å²) in [6.45, 7) is 1.44. The van der Waals surface area contributed by atoms with Gasteiger partial charge in [-0.25, -0.2) is 9.48 Å². The van der Waals surface area contributed by atoms with Gasteiger partial charge in [0.1, 0.15) is 0 Å². The van der Waals surface area contributed by atoms with Crippen LogP contribution in [0.2, 0.25) is 0 Å². The van der Waals surface area contributed by atoms with Crippen molar-refractivity contribution in [3.63, 3.8) is 0 Å². The van der Waals surface area contributed by atoms with Gasteiger partial charge < -0.3 is 16.4 Å². The summed E-state index contributed by atoms with van der Waals surface area (Å²) < 4.78 is 41.1. The van der Waals surface area contributed by atoms with Crippen LogP contribution in [0.5, 0.6) is 0 Å². The third-order valence-electron chi connectivity index (χ3n) is 4.43. The lowest BCUT2D eigenvalue weighted by molar-refractivity contribution is -0.137. The molecule has 3 amide bonds. The summed E-state index contributed by atoms with van der Waals surface area (Å²) >= 11 is 0. The van der Waals surface area contributed by atoms with E-state index >= 15 is 0 Å². The van der Waals surface area contributed by atoms with Gasteiger partial charge in [-0.2, -0.15) is 18.3 Å². The number of hydrogen-bond acceptors (Lipinski definition) is 4. The summed E-state index contributed by atoms with van der Waals surface area (Å²) in [6, 6.07) is 11.4. The summed E-state index contributed by atoms with van der Waals surface area (Å²) in [4.78, 5) is 35.7. The lowest BCUT2D eigenvalue weighted by Crippen LogP contribution is -2.32. The topological polar surface area (TPSA) is 119 Å². The van der Waals surface area contributed by atoms with E-state index in [-0.39, 0.29) is 17.9 Å². The normalized spacial score (nSPS) is 11.1. The first kappa shape index (κ1) is 22.5. The van der Waals surface area contributed by atoms with Crippen molar-refractivity contribution in [2.45, 2.75) is 19.6 Å². The van der Waals surface area contributed by atoms with Gasteiger partial charge in [0.25, 0.3) is 5.91 Å². The molecule has 11 heteroatoms. The van der Waals surface area contributed by atoms with E-state index in [1.807, 2.05) is 0 Å². The van der Waals surface area contributed by atoms with Crippen LogP contribution in [0.15, 0.2) is 59.4 Å². The molecule has 166 valence electrons. The Kier molecular flexibility index (Phi) is 6.28. The number of alkyl halides is 3. The zero-order chi connectivity index (χ0) is 23.5. The molecule has 32 heavy (non-hydrogen) atoms. The number of nitrogens with one attached hydrogen (secondary N) is 2. The van der Waals surface area contributed by atoms with Crippen molar-refractivity contribution in [2.24, 2.45) is 5.73 Å². The SMILES string of the molecule is Cc1cc(=O)c(C(=O)NCc2ccc(NC(N)=O)cc2)nn1-c1ccccc1C(F)(F)F. The van der Waals surface area contributed by atoms with Gasteiger partial charge in [-0.05, 0) is 36.8 Å². The van der Waals surface area contributed by atoms with Crippen molar-refractivity contribution in [3.05, 3.63) is 87.3 Å². The minimum atomic E-state index is -4.65. The highest BCUT2D eigenvalue weighted by Crippen LogP contribution is 2.33. The van der Waals surface area contributed by atoms with Gasteiger partial charge in [-0.1, -0.05) is 24.3 Å². The van der Waals surface area contributed by atoms with E-state index in [0.717, 1.165) is 16.8 Å². The third kappa shape index (κ3) is 5.12. The number of aromatic nitrogens is 2. The molecular weight excluding hydrogens is 427 g/mol. The van der Waals surface area contributed by atoms with Crippen LogP contribution in [0.25, 0.3) is 5.69 Å². The molecule has 0 aliphatic rings. The lowest BCUT2D eigenvalue weighted by atomic mass is 10.1. The first-order valence-corrected chi connectivity index (χ1v) is 9.27. The van der Waals surface area contributed by atoms with Crippen molar-refractivity contribution >= 4 is 17.6 Å². The molecule has 0 aliphatic carbocycles. The molecule has 0 saturated heterocycles. The number of amides is 3. The zero-order valence-corrected chi connectivity index (χ0v) is 16.7. The number of rotatable bonds is 5. The average molecular weight is 445 g/mol. The number of aryl methyl sites for hydroxylation is 1. The van der Waals surface area contributed by atoms with Crippen LogP contribution in [0.3, 0.4) is 0 Å². The summed E-state index contributed by atoms with van der Waals surface area (Å²) in [6.07, 6.45) is -4.65. The van der Waals surface area contributed by atoms with Crippen molar-refractivity contribution in [2.75, 3.05) is 5.32 Å². The van der Waals surface area contributed by atoms with Gasteiger partial charge in [0.2, 0.25) is 5.43 Å². The Morgan fingerprint density at radius 1 is 1.09 bits per heavy atom. The van der Waals surface area contributed by atoms with Crippen molar-refractivity contribution in [3.8, 4) is 5.69 Å². The van der Waals surface area contributed by atoms with Gasteiger partial charge in [-0.3, -0.25) is 9.59 Å². The van der Waals surface area contributed by atoms with Gasteiger partial charge >= 0.3 is 12.2 Å². The third-order valence-corrected chi connectivity index (χ3v) is 4.43. The molecule has 3 rings (SSSR count). The molecule has 0 unspecified atom stereocenters. The van der Waals surface area contributed by atoms with Gasteiger partial charge in [0.05, 0.1) is 11.3 Å². The first-order valence-electron chi connectivity index (χ1n) is 9.27. The van der Waals surface area contributed by atoms with Gasteiger partial charge in [-0.15, -0.1) is 0 Å². The number of anilines is 1.